The summed E-state index contributed by atoms with van der Waals surface area (Å²) in [5, 5.41) is 3.12. The lowest BCUT2D eigenvalue weighted by Gasteiger charge is -2.20. The Morgan fingerprint density at radius 3 is 2.32 bits per heavy atom. The van der Waals surface area contributed by atoms with Crippen molar-refractivity contribution < 1.29 is 17.9 Å². The molecule has 2 rings (SSSR count). The van der Waals surface area contributed by atoms with Crippen molar-refractivity contribution in [1.82, 2.24) is 4.72 Å². The molecule has 28 heavy (non-hydrogen) atoms. The summed E-state index contributed by atoms with van der Waals surface area (Å²) < 4.78 is 33.0. The number of sulfonamides is 1. The molecule has 0 aliphatic heterocycles. The van der Waals surface area contributed by atoms with Crippen LogP contribution in [0, 0.1) is 12.8 Å². The lowest BCUT2D eigenvalue weighted by atomic mass is 10.0. The molecule has 8 heteroatoms. The minimum absolute atomic E-state index is 0.0585. The van der Waals surface area contributed by atoms with Crippen LogP contribution >= 0.6 is 11.6 Å². The molecule has 1 atom stereocenters. The van der Waals surface area contributed by atoms with E-state index >= 15 is 0 Å². The van der Waals surface area contributed by atoms with Crippen LogP contribution in [0.5, 0.6) is 5.75 Å². The summed E-state index contributed by atoms with van der Waals surface area (Å²) in [6.07, 6.45) is 0.338. The van der Waals surface area contributed by atoms with E-state index in [1.807, 2.05) is 26.8 Å². The molecule has 2 aromatic rings. The van der Waals surface area contributed by atoms with E-state index in [2.05, 4.69) is 10.0 Å². The molecule has 6 nitrogen and oxygen atoms in total. The molecule has 0 unspecified atom stereocenters. The van der Waals surface area contributed by atoms with E-state index in [0.29, 0.717) is 22.9 Å². The Balaban J connectivity index is 2.22. The number of aryl methyl sites for hydroxylation is 1. The standard InChI is InChI=1S/C20H25ClN2O4S/c1-13(2)11-19(20(24)22-18-10-5-14(3)12-17(18)21)23-28(25,26)16-8-6-15(27-4)7-9-16/h5-10,12-13,19,23H,11H2,1-4H3,(H,22,24)/t19-/m0/s1. The van der Waals surface area contributed by atoms with Crippen LogP contribution in [-0.4, -0.2) is 27.5 Å². The van der Waals surface area contributed by atoms with Gasteiger partial charge in [-0.15, -0.1) is 0 Å². The minimum Gasteiger partial charge on any atom is -0.497 e. The van der Waals surface area contributed by atoms with Crippen molar-refractivity contribution in [2.24, 2.45) is 5.92 Å². The maximum absolute atomic E-state index is 12.8. The van der Waals surface area contributed by atoms with Crippen molar-refractivity contribution in [1.29, 1.82) is 0 Å². The quantitative estimate of drug-likeness (QED) is 0.671. The Labute approximate surface area is 171 Å². The maximum Gasteiger partial charge on any atom is 0.242 e. The summed E-state index contributed by atoms with van der Waals surface area (Å²) >= 11 is 6.18. The number of rotatable bonds is 8. The van der Waals surface area contributed by atoms with Gasteiger partial charge in [-0.05, 0) is 61.2 Å². The highest BCUT2D eigenvalue weighted by atomic mass is 35.5. The molecule has 0 heterocycles. The lowest BCUT2D eigenvalue weighted by molar-refractivity contribution is -0.118. The molecule has 0 aliphatic rings. The van der Waals surface area contributed by atoms with Gasteiger partial charge in [0.25, 0.3) is 0 Å². The van der Waals surface area contributed by atoms with Crippen LogP contribution in [0.4, 0.5) is 5.69 Å². The number of hydrogen-bond donors (Lipinski definition) is 2. The number of nitrogens with one attached hydrogen (secondary N) is 2. The fourth-order valence-electron chi connectivity index (χ4n) is 2.63. The van der Waals surface area contributed by atoms with Crippen LogP contribution in [0.15, 0.2) is 47.4 Å². The van der Waals surface area contributed by atoms with Gasteiger partial charge in [-0.2, -0.15) is 4.72 Å². The van der Waals surface area contributed by atoms with Crippen LogP contribution in [0.3, 0.4) is 0 Å². The highest BCUT2D eigenvalue weighted by molar-refractivity contribution is 7.89. The summed E-state index contributed by atoms with van der Waals surface area (Å²) in [6, 6.07) is 10.3. The van der Waals surface area contributed by atoms with Gasteiger partial charge in [0.15, 0.2) is 0 Å². The normalized spacial score (nSPS) is 12.6. The third-order valence-electron chi connectivity index (χ3n) is 4.07. The zero-order valence-electron chi connectivity index (χ0n) is 16.3. The first kappa shape index (κ1) is 22.2. The Morgan fingerprint density at radius 2 is 1.79 bits per heavy atom. The van der Waals surface area contributed by atoms with Gasteiger partial charge in [-0.3, -0.25) is 4.79 Å². The van der Waals surface area contributed by atoms with Crippen LogP contribution in [0.2, 0.25) is 5.02 Å². The average Bonchev–Trinajstić information content (AvgIpc) is 2.63. The van der Waals surface area contributed by atoms with Gasteiger partial charge in [0.05, 0.1) is 22.7 Å². The Kier molecular flexibility index (Phi) is 7.46. The van der Waals surface area contributed by atoms with E-state index in [0.717, 1.165) is 5.56 Å². The summed E-state index contributed by atoms with van der Waals surface area (Å²) in [5.41, 5.74) is 1.40. The topological polar surface area (TPSA) is 84.5 Å². The smallest absolute Gasteiger partial charge is 0.242 e. The van der Waals surface area contributed by atoms with Gasteiger partial charge in [0.2, 0.25) is 15.9 Å². The third kappa shape index (κ3) is 5.95. The molecule has 0 fully saturated rings. The van der Waals surface area contributed by atoms with Gasteiger partial charge in [0.1, 0.15) is 11.8 Å². The predicted octanol–water partition coefficient (Wildman–Crippen LogP) is 3.99. The van der Waals surface area contributed by atoms with Crippen LogP contribution in [0.1, 0.15) is 25.8 Å². The number of anilines is 1. The fraction of sp³-hybridized carbons (Fsp3) is 0.350. The van der Waals surface area contributed by atoms with E-state index in [1.54, 1.807) is 24.3 Å². The monoisotopic (exact) mass is 424 g/mol. The third-order valence-corrected chi connectivity index (χ3v) is 5.87. The van der Waals surface area contributed by atoms with Gasteiger partial charge in [-0.1, -0.05) is 31.5 Å². The SMILES string of the molecule is COc1ccc(S(=O)(=O)N[C@@H](CC(C)C)C(=O)Nc2ccc(C)cc2Cl)cc1. The molecule has 2 N–H and O–H groups in total. The summed E-state index contributed by atoms with van der Waals surface area (Å²) in [5.74, 6) is 0.184. The first-order chi connectivity index (χ1) is 13.1. The predicted molar refractivity (Wildman–Crippen MR) is 111 cm³/mol. The second kappa shape index (κ2) is 9.41. The van der Waals surface area contributed by atoms with E-state index in [9.17, 15) is 13.2 Å². The van der Waals surface area contributed by atoms with E-state index in [4.69, 9.17) is 16.3 Å². The van der Waals surface area contributed by atoms with Crippen LogP contribution in [-0.2, 0) is 14.8 Å². The summed E-state index contributed by atoms with van der Waals surface area (Å²) in [7, 11) is -2.38. The number of ether oxygens (including phenoxy) is 1. The molecule has 0 saturated carbocycles. The second-order valence-corrected chi connectivity index (χ2v) is 9.07. The van der Waals surface area contributed by atoms with E-state index in [-0.39, 0.29) is 10.8 Å². The number of carbonyl (C=O) groups excluding carboxylic acids is 1. The summed E-state index contributed by atoms with van der Waals surface area (Å²) in [6.45, 7) is 5.73. The van der Waals surface area contributed by atoms with Crippen molar-refractivity contribution in [2.75, 3.05) is 12.4 Å². The number of carbonyl (C=O) groups is 1. The van der Waals surface area contributed by atoms with E-state index in [1.165, 1.54) is 19.2 Å². The molecule has 152 valence electrons. The first-order valence-electron chi connectivity index (χ1n) is 8.86. The number of benzene rings is 2. The molecular weight excluding hydrogens is 400 g/mol. The number of halogens is 1. The molecule has 0 spiro atoms. The molecule has 0 aromatic heterocycles. The maximum atomic E-state index is 12.8. The molecule has 1 amide bonds. The summed E-state index contributed by atoms with van der Waals surface area (Å²) in [4.78, 5) is 12.8. The largest absolute Gasteiger partial charge is 0.497 e. The van der Waals surface area contributed by atoms with Crippen molar-refractivity contribution in [3.8, 4) is 5.75 Å². The van der Waals surface area contributed by atoms with Gasteiger partial charge < -0.3 is 10.1 Å². The van der Waals surface area contributed by atoms with E-state index < -0.39 is 22.0 Å². The first-order valence-corrected chi connectivity index (χ1v) is 10.7. The molecule has 2 aromatic carbocycles. The van der Waals surface area contributed by atoms with Gasteiger partial charge >= 0.3 is 0 Å². The number of methoxy groups -OCH3 is 1. The number of hydrogen-bond acceptors (Lipinski definition) is 4. The average molecular weight is 425 g/mol. The minimum atomic E-state index is -3.88. The Bertz CT molecular complexity index is 928. The highest BCUT2D eigenvalue weighted by Gasteiger charge is 2.27. The zero-order valence-corrected chi connectivity index (χ0v) is 17.9. The molecule has 0 saturated heterocycles. The molecule has 0 bridgehead atoms. The van der Waals surface area contributed by atoms with Crippen LogP contribution < -0.4 is 14.8 Å². The van der Waals surface area contributed by atoms with Gasteiger partial charge in [-0.25, -0.2) is 8.42 Å². The highest BCUT2D eigenvalue weighted by Crippen LogP contribution is 2.24. The molecular formula is C20H25ClN2O4S. The van der Waals surface area contributed by atoms with Crippen LogP contribution in [0.25, 0.3) is 0 Å². The van der Waals surface area contributed by atoms with Crippen molar-refractivity contribution in [3.63, 3.8) is 0 Å². The fourth-order valence-corrected chi connectivity index (χ4v) is 4.12. The number of amides is 1. The lowest BCUT2D eigenvalue weighted by Crippen LogP contribution is -2.44. The van der Waals surface area contributed by atoms with Crippen molar-refractivity contribution in [2.45, 2.75) is 38.1 Å². The zero-order chi connectivity index (χ0) is 20.9. The Hall–Kier alpha value is -2.09. The van der Waals surface area contributed by atoms with Crippen molar-refractivity contribution in [3.05, 3.63) is 53.1 Å². The molecule has 0 aliphatic carbocycles. The second-order valence-electron chi connectivity index (χ2n) is 6.95. The molecule has 0 radical (unpaired) electrons. The van der Waals surface area contributed by atoms with Gasteiger partial charge in [0, 0.05) is 0 Å². The van der Waals surface area contributed by atoms with Crippen molar-refractivity contribution >= 4 is 33.2 Å². The Morgan fingerprint density at radius 1 is 1.14 bits per heavy atom.